The van der Waals surface area contributed by atoms with Crippen LogP contribution < -0.4 is 16.0 Å². The van der Waals surface area contributed by atoms with E-state index in [9.17, 15) is 4.79 Å². The summed E-state index contributed by atoms with van der Waals surface area (Å²) in [6, 6.07) is 6.03. The number of anilines is 2. The molecule has 1 atom stereocenters. The number of nitrogens with two attached hydrogens (primary N) is 1. The fraction of sp³-hybridized carbons (Fsp3) is 0.533. The highest BCUT2D eigenvalue weighted by Gasteiger charge is 2.08. The van der Waals surface area contributed by atoms with Crippen LogP contribution in [-0.2, 0) is 4.79 Å². The first-order valence-corrected chi connectivity index (χ1v) is 6.72. The molecule has 0 fully saturated rings. The maximum absolute atomic E-state index is 11.8. The van der Waals surface area contributed by atoms with Gasteiger partial charge in [-0.2, -0.15) is 0 Å². The zero-order chi connectivity index (χ0) is 14.4. The maximum atomic E-state index is 11.8. The van der Waals surface area contributed by atoms with Gasteiger partial charge < -0.3 is 16.0 Å². The Labute approximate surface area is 116 Å². The van der Waals surface area contributed by atoms with Crippen LogP contribution in [0.5, 0.6) is 0 Å². The molecule has 1 unspecified atom stereocenters. The number of aryl methyl sites for hydroxylation is 1. The van der Waals surface area contributed by atoms with Crippen LogP contribution in [0.4, 0.5) is 11.4 Å². The van der Waals surface area contributed by atoms with Gasteiger partial charge in [0.25, 0.3) is 0 Å². The first kappa shape index (κ1) is 15.5. The normalized spacial score (nSPS) is 12.1. The molecular formula is C15H25N3O. The third-order valence-electron chi connectivity index (χ3n) is 3.27. The summed E-state index contributed by atoms with van der Waals surface area (Å²) in [6.45, 7) is 4.69. The van der Waals surface area contributed by atoms with E-state index in [1.807, 2.05) is 38.1 Å². The molecule has 0 aliphatic rings. The number of carbonyl (C=O) groups excluding carboxylic acids is 1. The molecule has 0 saturated heterocycles. The Balaban J connectivity index is 2.60. The Hall–Kier alpha value is -1.55. The predicted octanol–water partition coefficient (Wildman–Crippen LogP) is 2.37. The molecule has 0 aromatic heterocycles. The number of carbonyl (C=O) groups is 1. The summed E-state index contributed by atoms with van der Waals surface area (Å²) in [5, 5.41) is 2.96. The Kier molecular flexibility index (Phi) is 5.83. The summed E-state index contributed by atoms with van der Waals surface area (Å²) >= 11 is 0. The van der Waals surface area contributed by atoms with Gasteiger partial charge in [0.05, 0.1) is 0 Å². The lowest BCUT2D eigenvalue weighted by molar-refractivity contribution is -0.116. The van der Waals surface area contributed by atoms with E-state index in [2.05, 4.69) is 18.3 Å². The van der Waals surface area contributed by atoms with E-state index in [4.69, 9.17) is 5.73 Å². The van der Waals surface area contributed by atoms with Crippen molar-refractivity contribution in [2.75, 3.05) is 30.9 Å². The molecule has 0 spiro atoms. The molecule has 3 N–H and O–H groups in total. The van der Waals surface area contributed by atoms with Gasteiger partial charge in [-0.05, 0) is 49.6 Å². The van der Waals surface area contributed by atoms with Gasteiger partial charge in [-0.15, -0.1) is 0 Å². The minimum Gasteiger partial charge on any atom is -0.378 e. The van der Waals surface area contributed by atoms with Crippen molar-refractivity contribution in [2.24, 2.45) is 11.7 Å². The van der Waals surface area contributed by atoms with Gasteiger partial charge in [0.2, 0.25) is 5.91 Å². The van der Waals surface area contributed by atoms with Gasteiger partial charge in [0.1, 0.15) is 0 Å². The SMILES string of the molecule is Cc1cc(N(C)C)ccc1NC(=O)CCC(C)CN. The Morgan fingerprint density at radius 3 is 2.63 bits per heavy atom. The lowest BCUT2D eigenvalue weighted by Gasteiger charge is -2.16. The number of nitrogens with one attached hydrogen (secondary N) is 1. The molecule has 106 valence electrons. The van der Waals surface area contributed by atoms with Gasteiger partial charge >= 0.3 is 0 Å². The van der Waals surface area contributed by atoms with Crippen molar-refractivity contribution in [2.45, 2.75) is 26.7 Å². The summed E-state index contributed by atoms with van der Waals surface area (Å²) in [7, 11) is 4.00. The molecule has 4 heteroatoms. The van der Waals surface area contributed by atoms with E-state index < -0.39 is 0 Å². The quantitative estimate of drug-likeness (QED) is 0.828. The molecule has 0 aliphatic heterocycles. The Morgan fingerprint density at radius 1 is 1.42 bits per heavy atom. The minimum absolute atomic E-state index is 0.0565. The molecule has 0 aliphatic carbocycles. The number of benzene rings is 1. The van der Waals surface area contributed by atoms with Crippen LogP contribution >= 0.6 is 0 Å². The van der Waals surface area contributed by atoms with Crippen molar-refractivity contribution in [3.63, 3.8) is 0 Å². The fourth-order valence-electron chi connectivity index (χ4n) is 1.77. The van der Waals surface area contributed by atoms with E-state index in [1.54, 1.807) is 0 Å². The minimum atomic E-state index is 0.0565. The summed E-state index contributed by atoms with van der Waals surface area (Å²) in [4.78, 5) is 13.9. The molecule has 0 saturated carbocycles. The molecule has 0 bridgehead atoms. The van der Waals surface area contributed by atoms with E-state index in [-0.39, 0.29) is 5.91 Å². The molecule has 1 aromatic rings. The van der Waals surface area contributed by atoms with Crippen LogP contribution in [0.25, 0.3) is 0 Å². The fourth-order valence-corrected chi connectivity index (χ4v) is 1.77. The van der Waals surface area contributed by atoms with E-state index in [0.717, 1.165) is 23.4 Å². The van der Waals surface area contributed by atoms with Gasteiger partial charge in [0, 0.05) is 31.9 Å². The van der Waals surface area contributed by atoms with Gasteiger partial charge in [-0.25, -0.2) is 0 Å². The highest BCUT2D eigenvalue weighted by atomic mass is 16.1. The van der Waals surface area contributed by atoms with Crippen LogP contribution in [0.15, 0.2) is 18.2 Å². The molecule has 4 nitrogen and oxygen atoms in total. The van der Waals surface area contributed by atoms with E-state index >= 15 is 0 Å². The summed E-state index contributed by atoms with van der Waals surface area (Å²) in [5.41, 5.74) is 8.64. The summed E-state index contributed by atoms with van der Waals surface area (Å²) in [5.74, 6) is 0.448. The summed E-state index contributed by atoms with van der Waals surface area (Å²) < 4.78 is 0. The standard InChI is InChI=1S/C15H25N3O/c1-11(10-16)5-8-15(19)17-14-7-6-13(18(3)4)9-12(14)2/h6-7,9,11H,5,8,10,16H2,1-4H3,(H,17,19). The lowest BCUT2D eigenvalue weighted by Crippen LogP contribution is -2.17. The number of nitrogens with zero attached hydrogens (tertiary/aromatic N) is 1. The largest absolute Gasteiger partial charge is 0.378 e. The van der Waals surface area contributed by atoms with Crippen molar-refractivity contribution in [3.05, 3.63) is 23.8 Å². The van der Waals surface area contributed by atoms with Crippen molar-refractivity contribution in [1.82, 2.24) is 0 Å². The van der Waals surface area contributed by atoms with Crippen LogP contribution in [-0.4, -0.2) is 26.5 Å². The highest BCUT2D eigenvalue weighted by Crippen LogP contribution is 2.21. The molecule has 1 rings (SSSR count). The first-order chi connectivity index (χ1) is 8.93. The third-order valence-corrected chi connectivity index (χ3v) is 3.27. The van der Waals surface area contributed by atoms with Crippen LogP contribution in [0.3, 0.4) is 0 Å². The van der Waals surface area contributed by atoms with Crippen molar-refractivity contribution in [1.29, 1.82) is 0 Å². The van der Waals surface area contributed by atoms with Crippen LogP contribution in [0.2, 0.25) is 0 Å². The Morgan fingerprint density at radius 2 is 2.11 bits per heavy atom. The number of amides is 1. The average molecular weight is 263 g/mol. The van der Waals surface area contributed by atoms with Gasteiger partial charge in [0.15, 0.2) is 0 Å². The maximum Gasteiger partial charge on any atom is 0.224 e. The van der Waals surface area contributed by atoms with Crippen molar-refractivity contribution in [3.8, 4) is 0 Å². The third kappa shape index (κ3) is 4.91. The van der Waals surface area contributed by atoms with Crippen LogP contribution in [0.1, 0.15) is 25.3 Å². The number of hydrogen-bond donors (Lipinski definition) is 2. The summed E-state index contributed by atoms with van der Waals surface area (Å²) in [6.07, 6.45) is 1.35. The molecule has 0 radical (unpaired) electrons. The number of hydrogen-bond acceptors (Lipinski definition) is 3. The predicted molar refractivity (Wildman–Crippen MR) is 81.6 cm³/mol. The average Bonchev–Trinajstić information content (AvgIpc) is 2.38. The van der Waals surface area contributed by atoms with E-state index in [0.29, 0.717) is 18.9 Å². The monoisotopic (exact) mass is 263 g/mol. The second kappa shape index (κ2) is 7.14. The lowest BCUT2D eigenvalue weighted by atomic mass is 10.1. The van der Waals surface area contributed by atoms with E-state index in [1.165, 1.54) is 0 Å². The molecule has 0 heterocycles. The van der Waals surface area contributed by atoms with Crippen molar-refractivity contribution < 1.29 is 4.79 Å². The molecular weight excluding hydrogens is 238 g/mol. The zero-order valence-electron chi connectivity index (χ0n) is 12.4. The van der Waals surface area contributed by atoms with Crippen molar-refractivity contribution >= 4 is 17.3 Å². The second-order valence-corrected chi connectivity index (χ2v) is 5.32. The molecule has 19 heavy (non-hydrogen) atoms. The second-order valence-electron chi connectivity index (χ2n) is 5.32. The topological polar surface area (TPSA) is 58.4 Å². The molecule has 1 aromatic carbocycles. The van der Waals surface area contributed by atoms with Gasteiger partial charge in [-0.1, -0.05) is 6.92 Å². The van der Waals surface area contributed by atoms with Gasteiger partial charge in [-0.3, -0.25) is 4.79 Å². The first-order valence-electron chi connectivity index (χ1n) is 6.72. The Bertz CT molecular complexity index is 429. The zero-order valence-corrected chi connectivity index (χ0v) is 12.4. The smallest absolute Gasteiger partial charge is 0.224 e. The molecule has 1 amide bonds. The highest BCUT2D eigenvalue weighted by molar-refractivity contribution is 5.91. The van der Waals surface area contributed by atoms with Crippen LogP contribution in [0, 0.1) is 12.8 Å². The number of rotatable bonds is 6.